The van der Waals surface area contributed by atoms with Crippen LogP contribution in [-0.4, -0.2) is 18.5 Å². The predicted octanol–water partition coefficient (Wildman–Crippen LogP) is 5.28. The monoisotopic (exact) mass is 337 g/mol. The second-order valence-corrected chi connectivity index (χ2v) is 6.76. The Morgan fingerprint density at radius 2 is 2.04 bits per heavy atom. The summed E-state index contributed by atoms with van der Waals surface area (Å²) in [7, 11) is 1.96. The smallest absolute Gasteiger partial charge is 0.0605 e. The molecule has 0 atom stereocenters. The molecule has 3 heteroatoms. The Kier molecular flexibility index (Phi) is 5.13. The second-order valence-electron chi connectivity index (χ2n) is 5.24. The second kappa shape index (κ2) is 7.27. The molecule has 1 heterocycles. The summed E-state index contributed by atoms with van der Waals surface area (Å²) in [6.07, 6.45) is 2.14. The largest absolute Gasteiger partial charge is 0.291 e. The van der Waals surface area contributed by atoms with Gasteiger partial charge in [-0.2, -0.15) is 0 Å². The summed E-state index contributed by atoms with van der Waals surface area (Å²) in [4.78, 5) is 4.36. The van der Waals surface area contributed by atoms with Crippen molar-refractivity contribution in [3.05, 3.63) is 72.1 Å². The molecule has 0 amide bonds. The summed E-state index contributed by atoms with van der Waals surface area (Å²) < 4.78 is 0. The molecule has 2 aromatic rings. The molecule has 0 unspecified atom stereocenters. The van der Waals surface area contributed by atoms with Crippen LogP contribution >= 0.6 is 23.4 Å². The highest BCUT2D eigenvalue weighted by atomic mass is 35.5. The van der Waals surface area contributed by atoms with E-state index in [1.807, 2.05) is 24.1 Å². The topological polar surface area (TPSA) is 3.24 Å². The third-order valence-corrected chi connectivity index (χ3v) is 4.94. The zero-order chi connectivity index (χ0) is 16.2. The van der Waals surface area contributed by atoms with Crippen molar-refractivity contribution in [1.82, 2.24) is 4.90 Å². The average molecular weight is 338 g/mol. The van der Waals surface area contributed by atoms with Crippen molar-refractivity contribution in [2.75, 3.05) is 13.6 Å². The molecular weight excluding hydrogens is 322 g/mol. The van der Waals surface area contributed by atoms with Gasteiger partial charge in [-0.05, 0) is 49.9 Å². The number of nitrogens with zero attached hydrogens (tertiary/aromatic N) is 1. The Bertz CT molecular complexity index is 814. The van der Waals surface area contributed by atoms with Crippen LogP contribution in [0.2, 0.25) is 5.02 Å². The van der Waals surface area contributed by atoms with Gasteiger partial charge in [-0.3, -0.25) is 4.90 Å². The average Bonchev–Trinajstić information content (AvgIpc) is 2.71. The van der Waals surface area contributed by atoms with Gasteiger partial charge in [-0.15, -0.1) is 0 Å². The van der Waals surface area contributed by atoms with Crippen LogP contribution < -0.4 is 0 Å². The first-order chi connectivity index (χ1) is 11.2. The highest BCUT2D eigenvalue weighted by Crippen LogP contribution is 2.41. The number of rotatable bonds is 2. The Labute approximate surface area is 147 Å². The molecule has 2 aromatic carbocycles. The van der Waals surface area contributed by atoms with Crippen LogP contribution in [-0.2, 0) is 0 Å². The first-order valence-electron chi connectivity index (χ1n) is 7.27. The van der Waals surface area contributed by atoms with Crippen LogP contribution in [0.3, 0.4) is 0 Å². The number of fused-ring (bicyclic) bond motifs is 2. The summed E-state index contributed by atoms with van der Waals surface area (Å²) in [5, 5.41) is 0.728. The van der Waals surface area contributed by atoms with Gasteiger partial charge in [-0.25, -0.2) is 0 Å². The van der Waals surface area contributed by atoms with E-state index < -0.39 is 0 Å². The lowest BCUT2D eigenvalue weighted by atomic mass is 10.0. The molecule has 1 aliphatic heterocycles. The zero-order valence-electron chi connectivity index (χ0n) is 12.8. The number of allylic oxidation sites excluding steroid dienone is 1. The molecule has 0 fully saturated rings. The summed E-state index contributed by atoms with van der Waals surface area (Å²) >= 11 is 7.96. The summed E-state index contributed by atoms with van der Waals surface area (Å²) in [5.74, 6) is 6.51. The summed E-state index contributed by atoms with van der Waals surface area (Å²) in [6, 6.07) is 14.4. The Morgan fingerprint density at radius 3 is 2.87 bits per heavy atom. The number of halogens is 1. The van der Waals surface area contributed by atoms with Crippen LogP contribution in [0, 0.1) is 25.3 Å². The van der Waals surface area contributed by atoms with Gasteiger partial charge in [0.15, 0.2) is 0 Å². The van der Waals surface area contributed by atoms with E-state index in [4.69, 9.17) is 11.6 Å². The molecule has 0 aromatic heterocycles. The summed E-state index contributed by atoms with van der Waals surface area (Å²) in [5.41, 5.74) is 3.27. The SMILES string of the molecule is [CH2][CH]N(C)CC#CC1=Cc2ccccc2Sc2ccc(Cl)cc21. The molecule has 114 valence electrons. The van der Waals surface area contributed by atoms with Gasteiger partial charge in [0.25, 0.3) is 0 Å². The van der Waals surface area contributed by atoms with E-state index in [9.17, 15) is 0 Å². The van der Waals surface area contributed by atoms with Crippen molar-refractivity contribution >= 4 is 35.0 Å². The van der Waals surface area contributed by atoms with E-state index in [0.717, 1.165) is 16.2 Å². The lowest BCUT2D eigenvalue weighted by molar-refractivity contribution is 0.478. The maximum Gasteiger partial charge on any atom is 0.0605 e. The van der Waals surface area contributed by atoms with Crippen molar-refractivity contribution in [3.8, 4) is 11.8 Å². The van der Waals surface area contributed by atoms with Gasteiger partial charge < -0.3 is 0 Å². The van der Waals surface area contributed by atoms with Gasteiger partial charge in [0.05, 0.1) is 6.54 Å². The first kappa shape index (κ1) is 16.2. The number of hydrogen-bond acceptors (Lipinski definition) is 2. The van der Waals surface area contributed by atoms with E-state index in [-0.39, 0.29) is 0 Å². The Hall–Kier alpha value is -1.66. The van der Waals surface area contributed by atoms with Gasteiger partial charge in [0, 0.05) is 32.5 Å². The highest BCUT2D eigenvalue weighted by Gasteiger charge is 2.15. The van der Waals surface area contributed by atoms with E-state index in [1.165, 1.54) is 15.4 Å². The van der Waals surface area contributed by atoms with Crippen molar-refractivity contribution in [1.29, 1.82) is 0 Å². The van der Waals surface area contributed by atoms with Gasteiger partial charge in [0.2, 0.25) is 0 Å². The standard InChI is InChI=1S/C20H16ClNS/c1-3-22(2)12-6-8-15-13-16-7-4-5-9-19(16)23-20-11-10-17(21)14-18(15)20/h3-5,7,9-11,13-14H,1,12H2,2H3. The molecule has 0 aliphatic carbocycles. The molecule has 0 saturated heterocycles. The van der Waals surface area contributed by atoms with E-state index in [0.29, 0.717) is 6.54 Å². The Morgan fingerprint density at radius 1 is 1.22 bits per heavy atom. The summed E-state index contributed by atoms with van der Waals surface area (Å²) in [6.45, 7) is 6.16. The maximum absolute atomic E-state index is 6.21. The maximum atomic E-state index is 6.21. The fraction of sp³-hybridized carbons (Fsp3) is 0.100. The number of hydrogen-bond donors (Lipinski definition) is 0. The van der Waals surface area contributed by atoms with Crippen molar-refractivity contribution in [2.24, 2.45) is 0 Å². The minimum Gasteiger partial charge on any atom is -0.291 e. The molecular formula is C20H16ClNS. The first-order valence-corrected chi connectivity index (χ1v) is 8.47. The third-order valence-electron chi connectivity index (χ3n) is 3.53. The van der Waals surface area contributed by atoms with Gasteiger partial charge in [-0.1, -0.05) is 53.4 Å². The lowest BCUT2D eigenvalue weighted by Crippen LogP contribution is -2.12. The fourth-order valence-electron chi connectivity index (χ4n) is 2.27. The Balaban J connectivity index is 2.07. The van der Waals surface area contributed by atoms with Crippen LogP contribution in [0.25, 0.3) is 11.6 Å². The molecule has 0 N–H and O–H groups in total. The van der Waals surface area contributed by atoms with E-state index >= 15 is 0 Å². The molecule has 0 bridgehead atoms. The molecule has 1 aliphatic rings. The van der Waals surface area contributed by atoms with Crippen molar-refractivity contribution in [3.63, 3.8) is 0 Å². The lowest BCUT2D eigenvalue weighted by Gasteiger charge is -2.08. The third kappa shape index (κ3) is 3.82. The van der Waals surface area contributed by atoms with Crippen molar-refractivity contribution < 1.29 is 0 Å². The van der Waals surface area contributed by atoms with Crippen LogP contribution in [0.15, 0.2) is 52.3 Å². The van der Waals surface area contributed by atoms with E-state index in [2.05, 4.69) is 55.2 Å². The molecule has 0 spiro atoms. The zero-order valence-corrected chi connectivity index (χ0v) is 14.4. The number of benzene rings is 2. The van der Waals surface area contributed by atoms with Crippen molar-refractivity contribution in [2.45, 2.75) is 9.79 Å². The molecule has 3 rings (SSSR count). The van der Waals surface area contributed by atoms with Crippen LogP contribution in [0.1, 0.15) is 11.1 Å². The van der Waals surface area contributed by atoms with Gasteiger partial charge in [0.1, 0.15) is 0 Å². The molecule has 1 nitrogen and oxygen atoms in total. The normalized spacial score (nSPS) is 12.6. The quantitative estimate of drug-likeness (QED) is 0.686. The molecule has 23 heavy (non-hydrogen) atoms. The minimum atomic E-state index is 0.644. The van der Waals surface area contributed by atoms with Crippen LogP contribution in [0.5, 0.6) is 0 Å². The fourth-order valence-corrected chi connectivity index (χ4v) is 3.49. The van der Waals surface area contributed by atoms with Crippen LogP contribution in [0.4, 0.5) is 0 Å². The van der Waals surface area contributed by atoms with Gasteiger partial charge >= 0.3 is 0 Å². The highest BCUT2D eigenvalue weighted by molar-refractivity contribution is 7.99. The molecule has 2 radical (unpaired) electrons. The predicted molar refractivity (Wildman–Crippen MR) is 100.0 cm³/mol. The van der Waals surface area contributed by atoms with E-state index in [1.54, 1.807) is 18.3 Å². The molecule has 0 saturated carbocycles. The minimum absolute atomic E-state index is 0.644.